The van der Waals surface area contributed by atoms with E-state index in [2.05, 4.69) is 10.6 Å². The Morgan fingerprint density at radius 3 is 2.82 bits per heavy atom. The van der Waals surface area contributed by atoms with Gasteiger partial charge in [-0.05, 0) is 58.0 Å². The monoisotopic (exact) mass is 406 g/mol. The third-order valence-electron chi connectivity index (χ3n) is 5.17. The number of rotatable bonds is 3. The summed E-state index contributed by atoms with van der Waals surface area (Å²) in [4.78, 5) is 14.0. The van der Waals surface area contributed by atoms with Gasteiger partial charge in [-0.25, -0.2) is 4.79 Å². The molecular weight excluding hydrogens is 376 g/mol. The van der Waals surface area contributed by atoms with Crippen molar-refractivity contribution in [2.24, 2.45) is 5.73 Å². The number of carbonyl (C=O) groups is 1. The third kappa shape index (κ3) is 4.67. The number of fused-ring (bicyclic) bond motifs is 1. The number of ether oxygens (including phenoxy) is 2. The van der Waals surface area contributed by atoms with Crippen molar-refractivity contribution < 1.29 is 14.3 Å². The summed E-state index contributed by atoms with van der Waals surface area (Å²) in [7, 11) is 1.74. The second-order valence-electron chi connectivity index (χ2n) is 8.40. The van der Waals surface area contributed by atoms with Gasteiger partial charge in [0.1, 0.15) is 11.4 Å². The number of nitrogens with zero attached hydrogens (tertiary/aromatic N) is 1. The highest BCUT2D eigenvalue weighted by Crippen LogP contribution is 2.31. The molecule has 2 aliphatic rings. The molecule has 0 saturated heterocycles. The summed E-state index contributed by atoms with van der Waals surface area (Å²) in [5, 5.41) is 7.11. The molecule has 154 valence electrons. The lowest BCUT2D eigenvalue weighted by Gasteiger charge is -2.32. The van der Waals surface area contributed by atoms with E-state index in [1.807, 2.05) is 39.0 Å². The Kier molecular flexibility index (Phi) is 6.00. The fourth-order valence-corrected chi connectivity index (χ4v) is 4.02. The fourth-order valence-electron chi connectivity index (χ4n) is 3.76. The molecule has 1 aromatic rings. The molecule has 1 aliphatic carbocycles. The number of carbonyl (C=O) groups excluding carboxylic acids is 1. The van der Waals surface area contributed by atoms with E-state index in [0.717, 1.165) is 36.3 Å². The number of benzene rings is 1. The molecule has 1 fully saturated rings. The van der Waals surface area contributed by atoms with E-state index in [9.17, 15) is 4.79 Å². The lowest BCUT2D eigenvalue weighted by molar-refractivity contribution is 0.0212. The van der Waals surface area contributed by atoms with E-state index in [-0.39, 0.29) is 24.2 Å². The topological polar surface area (TPSA) is 88.8 Å². The van der Waals surface area contributed by atoms with Crippen molar-refractivity contribution in [3.05, 3.63) is 23.8 Å². The molecule has 3 rings (SSSR count). The predicted octanol–water partition coefficient (Wildman–Crippen LogP) is 2.63. The summed E-state index contributed by atoms with van der Waals surface area (Å²) in [5.74, 6) is 0.907. The number of anilines is 1. The highest BCUT2D eigenvalue weighted by atomic mass is 32.1. The van der Waals surface area contributed by atoms with Crippen LogP contribution in [0.15, 0.2) is 18.2 Å². The molecule has 28 heavy (non-hydrogen) atoms. The molecule has 1 saturated carbocycles. The molecule has 7 nitrogen and oxygen atoms in total. The lowest BCUT2D eigenvalue weighted by Crippen LogP contribution is -2.54. The lowest BCUT2D eigenvalue weighted by atomic mass is 10.1. The maximum Gasteiger partial charge on any atom is 0.410 e. The van der Waals surface area contributed by atoms with Crippen LogP contribution in [0.4, 0.5) is 10.5 Å². The van der Waals surface area contributed by atoms with Crippen LogP contribution >= 0.6 is 12.2 Å². The summed E-state index contributed by atoms with van der Waals surface area (Å²) < 4.78 is 11.1. The van der Waals surface area contributed by atoms with E-state index in [0.29, 0.717) is 11.7 Å². The van der Waals surface area contributed by atoms with Gasteiger partial charge in [0.25, 0.3) is 0 Å². The SMILES string of the molecule is CN(C(=O)OC(C)(C)C)[C@@H]1CC[C@@H](NC(=S)Nc2cccc3c2CCO3)[C@H]1N. The average Bonchev–Trinajstić information content (AvgIpc) is 3.21. The van der Waals surface area contributed by atoms with Crippen molar-refractivity contribution in [2.45, 2.75) is 63.8 Å². The van der Waals surface area contributed by atoms with Crippen LogP contribution < -0.4 is 21.1 Å². The largest absolute Gasteiger partial charge is 0.493 e. The molecule has 4 N–H and O–H groups in total. The Morgan fingerprint density at radius 2 is 2.11 bits per heavy atom. The van der Waals surface area contributed by atoms with E-state index < -0.39 is 5.60 Å². The van der Waals surface area contributed by atoms with Gasteiger partial charge in [0.05, 0.1) is 12.6 Å². The summed E-state index contributed by atoms with van der Waals surface area (Å²) in [5.41, 5.74) is 8.01. The van der Waals surface area contributed by atoms with Gasteiger partial charge in [-0.2, -0.15) is 0 Å². The van der Waals surface area contributed by atoms with Gasteiger partial charge in [-0.1, -0.05) is 6.07 Å². The molecule has 0 bridgehead atoms. The Bertz CT molecular complexity index is 749. The van der Waals surface area contributed by atoms with Crippen LogP contribution in [0, 0.1) is 0 Å². The Morgan fingerprint density at radius 1 is 1.36 bits per heavy atom. The zero-order valence-electron chi connectivity index (χ0n) is 17.0. The first-order chi connectivity index (χ1) is 13.2. The smallest absolute Gasteiger partial charge is 0.410 e. The van der Waals surface area contributed by atoms with Gasteiger partial charge in [0.2, 0.25) is 0 Å². The predicted molar refractivity (Wildman–Crippen MR) is 114 cm³/mol. The van der Waals surface area contributed by atoms with Gasteiger partial charge in [0, 0.05) is 36.8 Å². The molecule has 1 amide bonds. The zero-order chi connectivity index (χ0) is 20.5. The van der Waals surface area contributed by atoms with Crippen LogP contribution in [0.5, 0.6) is 5.75 Å². The molecule has 0 radical (unpaired) electrons. The van der Waals surface area contributed by atoms with Crippen LogP contribution in [0.3, 0.4) is 0 Å². The molecular formula is C20H30N4O3S. The summed E-state index contributed by atoms with van der Waals surface area (Å²) in [6.45, 7) is 6.26. The first kappa shape index (κ1) is 20.7. The Labute approximate surface area is 171 Å². The van der Waals surface area contributed by atoms with E-state index in [4.69, 9.17) is 27.4 Å². The number of hydrogen-bond donors (Lipinski definition) is 3. The molecule has 1 aromatic carbocycles. The number of nitrogens with two attached hydrogens (primary N) is 1. The molecule has 0 spiro atoms. The quantitative estimate of drug-likeness (QED) is 0.665. The molecule has 1 heterocycles. The average molecular weight is 407 g/mol. The Hall–Kier alpha value is -2.06. The van der Waals surface area contributed by atoms with Crippen LogP contribution in [-0.4, -0.2) is 53.5 Å². The van der Waals surface area contributed by atoms with Crippen molar-refractivity contribution in [3.63, 3.8) is 0 Å². The van der Waals surface area contributed by atoms with Crippen LogP contribution in [-0.2, 0) is 11.2 Å². The van der Waals surface area contributed by atoms with E-state index >= 15 is 0 Å². The van der Waals surface area contributed by atoms with Gasteiger partial charge in [0.15, 0.2) is 5.11 Å². The second kappa shape index (κ2) is 8.13. The molecule has 3 atom stereocenters. The van der Waals surface area contributed by atoms with E-state index in [1.54, 1.807) is 11.9 Å². The summed E-state index contributed by atoms with van der Waals surface area (Å²) >= 11 is 5.50. The van der Waals surface area contributed by atoms with Crippen LogP contribution in [0.2, 0.25) is 0 Å². The number of hydrogen-bond acceptors (Lipinski definition) is 5. The first-order valence-electron chi connectivity index (χ1n) is 9.69. The molecule has 0 aromatic heterocycles. The van der Waals surface area contributed by atoms with Gasteiger partial charge >= 0.3 is 6.09 Å². The minimum Gasteiger partial charge on any atom is -0.493 e. The van der Waals surface area contributed by atoms with Crippen molar-refractivity contribution in [1.29, 1.82) is 0 Å². The number of likely N-dealkylation sites (N-methyl/N-ethyl adjacent to an activating group) is 1. The highest BCUT2D eigenvalue weighted by Gasteiger charge is 2.39. The molecule has 0 unspecified atom stereocenters. The standard InChI is InChI=1S/C20H30N4O3S/c1-20(2,3)27-19(25)24(4)15-9-8-14(17(15)21)23-18(28)22-13-6-5-7-16-12(13)10-11-26-16/h5-7,14-15,17H,8-11,21H2,1-4H3,(H2,22,23,28)/t14-,15-,17-/m1/s1. The summed E-state index contributed by atoms with van der Waals surface area (Å²) in [6.07, 6.45) is 2.14. The van der Waals surface area contributed by atoms with Crippen molar-refractivity contribution in [3.8, 4) is 5.75 Å². The number of thiocarbonyl (C=S) groups is 1. The highest BCUT2D eigenvalue weighted by molar-refractivity contribution is 7.80. The maximum absolute atomic E-state index is 12.3. The summed E-state index contributed by atoms with van der Waals surface area (Å²) in [6, 6.07) is 5.57. The van der Waals surface area contributed by atoms with Crippen LogP contribution in [0.1, 0.15) is 39.2 Å². The maximum atomic E-state index is 12.3. The normalized spacial score (nSPS) is 23.5. The zero-order valence-corrected chi connectivity index (χ0v) is 17.8. The third-order valence-corrected chi connectivity index (χ3v) is 5.39. The number of amides is 1. The van der Waals surface area contributed by atoms with E-state index in [1.165, 1.54) is 0 Å². The van der Waals surface area contributed by atoms with Crippen molar-refractivity contribution in [1.82, 2.24) is 10.2 Å². The van der Waals surface area contributed by atoms with Gasteiger partial charge in [-0.3, -0.25) is 0 Å². The molecule has 8 heteroatoms. The fraction of sp³-hybridized carbons (Fsp3) is 0.600. The van der Waals surface area contributed by atoms with Crippen LogP contribution in [0.25, 0.3) is 0 Å². The minimum atomic E-state index is -0.531. The van der Waals surface area contributed by atoms with Crippen molar-refractivity contribution in [2.75, 3.05) is 19.0 Å². The second-order valence-corrected chi connectivity index (χ2v) is 8.81. The van der Waals surface area contributed by atoms with Gasteiger partial charge in [-0.15, -0.1) is 0 Å². The number of nitrogens with one attached hydrogen (secondary N) is 2. The first-order valence-corrected chi connectivity index (χ1v) is 10.1. The van der Waals surface area contributed by atoms with Crippen molar-refractivity contribution >= 4 is 29.1 Å². The van der Waals surface area contributed by atoms with Gasteiger partial charge < -0.3 is 30.7 Å². The minimum absolute atomic E-state index is 0.0112. The molecule has 1 aliphatic heterocycles. The Balaban J connectivity index is 1.56.